The number of nitrogens with zero attached hydrogens (tertiary/aromatic N) is 3. The van der Waals surface area contributed by atoms with Crippen molar-refractivity contribution in [3.63, 3.8) is 0 Å². The second-order valence-electron chi connectivity index (χ2n) is 6.73. The summed E-state index contributed by atoms with van der Waals surface area (Å²) >= 11 is 5.98. The summed E-state index contributed by atoms with van der Waals surface area (Å²) in [6, 6.07) is 17.4. The molecular formula is C22H19ClN4O. The summed E-state index contributed by atoms with van der Waals surface area (Å²) < 4.78 is 1.64. The summed E-state index contributed by atoms with van der Waals surface area (Å²) in [7, 11) is 0. The Morgan fingerprint density at radius 1 is 1.11 bits per heavy atom. The van der Waals surface area contributed by atoms with Crippen LogP contribution in [0.2, 0.25) is 5.02 Å². The standard InChI is InChI=1S/C22H19ClN4O/c1-14-5-3-6-16(11-14)19-9-10-24-22-21(19)15(2)26-27(22)13-20(28)25-18-8-4-7-17(23)12-18/h3-12H,13H2,1-2H3,(H,25,28). The first-order valence-electron chi connectivity index (χ1n) is 8.96. The van der Waals surface area contributed by atoms with E-state index < -0.39 is 0 Å². The third kappa shape index (κ3) is 3.62. The fourth-order valence-electron chi connectivity index (χ4n) is 3.35. The molecule has 6 heteroatoms. The van der Waals surface area contributed by atoms with Crippen molar-refractivity contribution in [1.82, 2.24) is 14.8 Å². The SMILES string of the molecule is Cc1cccc(-c2ccnc3c2c(C)nn3CC(=O)Nc2cccc(Cl)c2)c1. The van der Waals surface area contributed by atoms with Crippen LogP contribution in [0.25, 0.3) is 22.2 Å². The van der Waals surface area contributed by atoms with Crippen LogP contribution in [0.15, 0.2) is 60.8 Å². The van der Waals surface area contributed by atoms with Gasteiger partial charge in [-0.2, -0.15) is 5.10 Å². The number of fused-ring (bicyclic) bond motifs is 1. The molecule has 0 saturated carbocycles. The van der Waals surface area contributed by atoms with Gasteiger partial charge in [-0.15, -0.1) is 0 Å². The van der Waals surface area contributed by atoms with E-state index in [1.807, 2.05) is 19.1 Å². The lowest BCUT2D eigenvalue weighted by atomic mass is 10.0. The molecule has 5 nitrogen and oxygen atoms in total. The van der Waals surface area contributed by atoms with Crippen molar-refractivity contribution in [1.29, 1.82) is 0 Å². The Bertz CT molecular complexity index is 1180. The van der Waals surface area contributed by atoms with E-state index in [1.165, 1.54) is 5.56 Å². The Morgan fingerprint density at radius 3 is 2.71 bits per heavy atom. The Morgan fingerprint density at radius 2 is 1.93 bits per heavy atom. The van der Waals surface area contributed by atoms with Crippen molar-refractivity contribution in [2.24, 2.45) is 0 Å². The average molecular weight is 391 g/mol. The van der Waals surface area contributed by atoms with Crippen molar-refractivity contribution in [2.75, 3.05) is 5.32 Å². The minimum Gasteiger partial charge on any atom is -0.324 e. The predicted octanol–water partition coefficient (Wildman–Crippen LogP) is 5.01. The van der Waals surface area contributed by atoms with E-state index in [1.54, 1.807) is 35.1 Å². The van der Waals surface area contributed by atoms with Gasteiger partial charge in [0, 0.05) is 22.3 Å². The van der Waals surface area contributed by atoms with Crippen LogP contribution in [0, 0.1) is 13.8 Å². The van der Waals surface area contributed by atoms with Gasteiger partial charge in [0.05, 0.1) is 5.69 Å². The van der Waals surface area contributed by atoms with Gasteiger partial charge in [-0.05, 0) is 49.2 Å². The van der Waals surface area contributed by atoms with Crippen molar-refractivity contribution in [2.45, 2.75) is 20.4 Å². The lowest BCUT2D eigenvalue weighted by molar-refractivity contribution is -0.116. The lowest BCUT2D eigenvalue weighted by Gasteiger charge is -2.07. The van der Waals surface area contributed by atoms with Crippen molar-refractivity contribution in [3.05, 3.63) is 77.1 Å². The van der Waals surface area contributed by atoms with E-state index in [2.05, 4.69) is 40.5 Å². The van der Waals surface area contributed by atoms with E-state index >= 15 is 0 Å². The Balaban J connectivity index is 1.67. The summed E-state index contributed by atoms with van der Waals surface area (Å²) in [6.07, 6.45) is 1.76. The molecule has 2 aromatic heterocycles. The number of pyridine rings is 1. The van der Waals surface area contributed by atoms with E-state index in [4.69, 9.17) is 11.6 Å². The molecule has 140 valence electrons. The Hall–Kier alpha value is -3.18. The highest BCUT2D eigenvalue weighted by molar-refractivity contribution is 6.30. The molecule has 0 fully saturated rings. The summed E-state index contributed by atoms with van der Waals surface area (Å²) in [5.41, 5.74) is 5.55. The van der Waals surface area contributed by atoms with Crippen LogP contribution >= 0.6 is 11.6 Å². The molecule has 2 aromatic carbocycles. The fraction of sp³-hybridized carbons (Fsp3) is 0.136. The largest absolute Gasteiger partial charge is 0.324 e. The molecule has 0 atom stereocenters. The number of halogens is 1. The Labute approximate surface area is 168 Å². The molecule has 2 heterocycles. The normalized spacial score (nSPS) is 11.0. The molecule has 0 aliphatic heterocycles. The molecule has 28 heavy (non-hydrogen) atoms. The topological polar surface area (TPSA) is 59.8 Å². The minimum absolute atomic E-state index is 0.0706. The van der Waals surface area contributed by atoms with Crippen LogP contribution in [-0.2, 0) is 11.3 Å². The molecule has 0 aliphatic rings. The molecular weight excluding hydrogens is 372 g/mol. The van der Waals surface area contributed by atoms with Crippen LogP contribution < -0.4 is 5.32 Å². The number of aryl methyl sites for hydroxylation is 2. The highest BCUT2D eigenvalue weighted by atomic mass is 35.5. The first-order valence-corrected chi connectivity index (χ1v) is 9.33. The van der Waals surface area contributed by atoms with E-state index in [0.29, 0.717) is 16.4 Å². The summed E-state index contributed by atoms with van der Waals surface area (Å²) in [6.45, 7) is 4.08. The van der Waals surface area contributed by atoms with Crippen molar-refractivity contribution < 1.29 is 4.79 Å². The van der Waals surface area contributed by atoms with Gasteiger partial charge in [-0.25, -0.2) is 9.67 Å². The van der Waals surface area contributed by atoms with Gasteiger partial charge in [0.25, 0.3) is 0 Å². The molecule has 1 N–H and O–H groups in total. The quantitative estimate of drug-likeness (QED) is 0.533. The first kappa shape index (κ1) is 18.2. The molecule has 0 saturated heterocycles. The maximum Gasteiger partial charge on any atom is 0.246 e. The molecule has 4 aromatic rings. The number of carbonyl (C=O) groups is 1. The maximum atomic E-state index is 12.5. The average Bonchev–Trinajstić information content (AvgIpc) is 2.97. The summed E-state index contributed by atoms with van der Waals surface area (Å²) in [4.78, 5) is 17.0. The van der Waals surface area contributed by atoms with E-state index in [0.717, 1.165) is 22.2 Å². The number of anilines is 1. The first-order chi connectivity index (χ1) is 13.5. The van der Waals surface area contributed by atoms with Gasteiger partial charge in [0.15, 0.2) is 5.65 Å². The monoisotopic (exact) mass is 390 g/mol. The summed E-state index contributed by atoms with van der Waals surface area (Å²) in [5.74, 6) is -0.186. The predicted molar refractivity (Wildman–Crippen MR) is 113 cm³/mol. The van der Waals surface area contributed by atoms with Crippen molar-refractivity contribution in [3.8, 4) is 11.1 Å². The number of aromatic nitrogens is 3. The van der Waals surface area contributed by atoms with E-state index in [9.17, 15) is 4.79 Å². The number of benzene rings is 2. The molecule has 4 rings (SSSR count). The van der Waals surface area contributed by atoms with Gasteiger partial charge in [-0.1, -0.05) is 47.5 Å². The molecule has 1 amide bonds. The second-order valence-corrected chi connectivity index (χ2v) is 7.16. The number of rotatable bonds is 4. The van der Waals surface area contributed by atoms with Crippen LogP contribution in [0.3, 0.4) is 0 Å². The van der Waals surface area contributed by atoms with Gasteiger partial charge >= 0.3 is 0 Å². The van der Waals surface area contributed by atoms with Crippen LogP contribution in [0.5, 0.6) is 0 Å². The fourth-order valence-corrected chi connectivity index (χ4v) is 3.54. The third-order valence-electron chi connectivity index (χ3n) is 4.54. The molecule has 0 radical (unpaired) electrons. The number of hydrogen-bond acceptors (Lipinski definition) is 3. The van der Waals surface area contributed by atoms with E-state index in [-0.39, 0.29) is 12.5 Å². The van der Waals surface area contributed by atoms with Gasteiger partial charge in [-0.3, -0.25) is 4.79 Å². The van der Waals surface area contributed by atoms with Crippen LogP contribution in [0.4, 0.5) is 5.69 Å². The zero-order valence-electron chi connectivity index (χ0n) is 15.6. The zero-order chi connectivity index (χ0) is 19.7. The lowest BCUT2D eigenvalue weighted by Crippen LogP contribution is -2.19. The number of hydrogen-bond donors (Lipinski definition) is 1. The second kappa shape index (κ2) is 7.44. The van der Waals surface area contributed by atoms with Crippen LogP contribution in [-0.4, -0.2) is 20.7 Å². The Kier molecular flexibility index (Phi) is 4.84. The molecule has 0 bridgehead atoms. The highest BCUT2D eigenvalue weighted by Gasteiger charge is 2.16. The molecule has 0 aliphatic carbocycles. The van der Waals surface area contributed by atoms with Gasteiger partial charge < -0.3 is 5.32 Å². The van der Waals surface area contributed by atoms with Gasteiger partial charge in [0.2, 0.25) is 5.91 Å². The zero-order valence-corrected chi connectivity index (χ0v) is 16.4. The molecule has 0 spiro atoms. The maximum absolute atomic E-state index is 12.5. The number of nitrogens with one attached hydrogen (secondary N) is 1. The minimum atomic E-state index is -0.186. The van der Waals surface area contributed by atoms with Crippen LogP contribution in [0.1, 0.15) is 11.3 Å². The third-order valence-corrected chi connectivity index (χ3v) is 4.77. The van der Waals surface area contributed by atoms with Crippen molar-refractivity contribution >= 4 is 34.2 Å². The smallest absolute Gasteiger partial charge is 0.246 e. The summed E-state index contributed by atoms with van der Waals surface area (Å²) in [5, 5.41) is 8.95. The number of carbonyl (C=O) groups excluding carboxylic acids is 1. The number of amides is 1. The molecule has 0 unspecified atom stereocenters. The highest BCUT2D eigenvalue weighted by Crippen LogP contribution is 2.30. The van der Waals surface area contributed by atoms with Gasteiger partial charge in [0.1, 0.15) is 6.54 Å².